The van der Waals surface area contributed by atoms with Crippen LogP contribution in [0.1, 0.15) is 54.8 Å². The van der Waals surface area contributed by atoms with Crippen molar-refractivity contribution in [2.75, 3.05) is 13.1 Å². The van der Waals surface area contributed by atoms with Crippen LogP contribution in [0.3, 0.4) is 0 Å². The number of para-hydroxylation sites is 1. The van der Waals surface area contributed by atoms with Crippen molar-refractivity contribution in [1.29, 1.82) is 0 Å². The molecule has 5 heteroatoms. The Morgan fingerprint density at radius 2 is 1.80 bits per heavy atom. The van der Waals surface area contributed by atoms with Gasteiger partial charge in [-0.15, -0.1) is 0 Å². The molecule has 156 valence electrons. The van der Waals surface area contributed by atoms with Crippen molar-refractivity contribution in [3.8, 4) is 0 Å². The van der Waals surface area contributed by atoms with Gasteiger partial charge in [0, 0.05) is 37.1 Å². The number of aromatic nitrogens is 1. The van der Waals surface area contributed by atoms with Crippen molar-refractivity contribution in [2.45, 2.75) is 45.1 Å². The molecule has 2 heterocycles. The van der Waals surface area contributed by atoms with Crippen LogP contribution in [0.2, 0.25) is 0 Å². The molecule has 3 aromatic rings. The van der Waals surface area contributed by atoms with E-state index in [0.29, 0.717) is 12.3 Å². The number of hydrogen-bond donors (Lipinski definition) is 2. The van der Waals surface area contributed by atoms with Gasteiger partial charge in [-0.1, -0.05) is 48.0 Å². The number of nitrogens with one attached hydrogen (secondary N) is 2. The fourth-order valence-corrected chi connectivity index (χ4v) is 4.47. The first-order chi connectivity index (χ1) is 14.5. The number of rotatable bonds is 5. The maximum Gasteiger partial charge on any atom is 0.224 e. The Kier molecular flexibility index (Phi) is 5.88. The van der Waals surface area contributed by atoms with E-state index in [-0.39, 0.29) is 17.9 Å². The summed E-state index contributed by atoms with van der Waals surface area (Å²) in [6.07, 6.45) is 4.34. The zero-order valence-electron chi connectivity index (χ0n) is 17.7. The first-order valence-corrected chi connectivity index (χ1v) is 10.7. The van der Waals surface area contributed by atoms with Crippen molar-refractivity contribution in [3.05, 3.63) is 71.4 Å². The molecule has 1 aliphatic rings. The summed E-state index contributed by atoms with van der Waals surface area (Å²) in [7, 11) is 0. The van der Waals surface area contributed by atoms with E-state index in [1.54, 1.807) is 0 Å². The van der Waals surface area contributed by atoms with E-state index in [2.05, 4.69) is 34.7 Å². The molecule has 0 aliphatic carbocycles. The molecular formula is C25H29N3O2. The second kappa shape index (κ2) is 8.74. The minimum atomic E-state index is -0.290. The molecule has 4 rings (SSSR count). The number of carbonyl (C=O) groups is 2. The molecule has 1 aliphatic heterocycles. The molecule has 30 heavy (non-hydrogen) atoms. The summed E-state index contributed by atoms with van der Waals surface area (Å²) < 4.78 is 0. The highest BCUT2D eigenvalue weighted by atomic mass is 16.2. The van der Waals surface area contributed by atoms with Gasteiger partial charge in [-0.05, 0) is 42.9 Å². The van der Waals surface area contributed by atoms with Crippen molar-refractivity contribution < 1.29 is 9.59 Å². The average Bonchev–Trinajstić information content (AvgIpc) is 3.18. The standard InChI is InChI=1S/C25H29N3O2/c1-17-7-9-20(10-8-17)24(27-18(2)29)15-25(30)28-13-11-19(12-14-28)22-16-26-23-6-4-3-5-21(22)23/h3-10,16,19,24,26H,11-15H2,1-2H3,(H,27,29). The predicted octanol–water partition coefficient (Wildman–Crippen LogP) is 4.45. The van der Waals surface area contributed by atoms with Crippen molar-refractivity contribution in [1.82, 2.24) is 15.2 Å². The van der Waals surface area contributed by atoms with E-state index >= 15 is 0 Å². The quantitative estimate of drug-likeness (QED) is 0.661. The van der Waals surface area contributed by atoms with Gasteiger partial charge in [0.1, 0.15) is 0 Å². The molecular weight excluding hydrogens is 374 g/mol. The largest absolute Gasteiger partial charge is 0.361 e. The molecule has 1 atom stereocenters. The van der Waals surface area contributed by atoms with Crippen LogP contribution in [0, 0.1) is 6.92 Å². The fraction of sp³-hybridized carbons (Fsp3) is 0.360. The van der Waals surface area contributed by atoms with Gasteiger partial charge in [0.25, 0.3) is 0 Å². The van der Waals surface area contributed by atoms with Crippen LogP contribution in [0.5, 0.6) is 0 Å². The first-order valence-electron chi connectivity index (χ1n) is 10.7. The fourth-order valence-electron chi connectivity index (χ4n) is 4.47. The van der Waals surface area contributed by atoms with Gasteiger partial charge in [-0.25, -0.2) is 0 Å². The van der Waals surface area contributed by atoms with Gasteiger partial charge in [-0.2, -0.15) is 0 Å². The summed E-state index contributed by atoms with van der Waals surface area (Å²) in [6.45, 7) is 5.03. The number of amides is 2. The van der Waals surface area contributed by atoms with Crippen LogP contribution < -0.4 is 5.32 Å². The molecule has 2 N–H and O–H groups in total. The third-order valence-corrected chi connectivity index (χ3v) is 6.14. The summed E-state index contributed by atoms with van der Waals surface area (Å²) in [5.41, 5.74) is 4.65. The van der Waals surface area contributed by atoms with Gasteiger partial charge in [0.15, 0.2) is 0 Å². The summed E-state index contributed by atoms with van der Waals surface area (Å²) in [5.74, 6) is 0.451. The number of fused-ring (bicyclic) bond motifs is 1. The second-order valence-electron chi connectivity index (χ2n) is 8.31. The molecule has 1 fully saturated rings. The predicted molar refractivity (Wildman–Crippen MR) is 119 cm³/mol. The lowest BCUT2D eigenvalue weighted by molar-refractivity contribution is -0.133. The van der Waals surface area contributed by atoms with Crippen LogP contribution in [0.25, 0.3) is 10.9 Å². The number of aromatic amines is 1. The molecule has 2 amide bonds. The van der Waals surface area contributed by atoms with Crippen LogP contribution in [0.15, 0.2) is 54.7 Å². The van der Waals surface area contributed by atoms with Crippen LogP contribution >= 0.6 is 0 Å². The molecule has 1 saturated heterocycles. The van der Waals surface area contributed by atoms with Gasteiger partial charge >= 0.3 is 0 Å². The maximum atomic E-state index is 13.0. The molecule has 1 unspecified atom stereocenters. The van der Waals surface area contributed by atoms with Crippen LogP contribution in [-0.4, -0.2) is 34.8 Å². The Labute approximate surface area is 177 Å². The first kappa shape index (κ1) is 20.2. The van der Waals surface area contributed by atoms with Crippen LogP contribution in [-0.2, 0) is 9.59 Å². The van der Waals surface area contributed by atoms with Crippen molar-refractivity contribution >= 4 is 22.7 Å². The minimum Gasteiger partial charge on any atom is -0.361 e. The summed E-state index contributed by atoms with van der Waals surface area (Å²) in [4.78, 5) is 30.0. The van der Waals surface area contributed by atoms with Crippen molar-refractivity contribution in [2.24, 2.45) is 0 Å². The van der Waals surface area contributed by atoms with E-state index in [1.165, 1.54) is 23.4 Å². The molecule has 0 saturated carbocycles. The molecule has 5 nitrogen and oxygen atoms in total. The summed E-state index contributed by atoms with van der Waals surface area (Å²) in [5, 5.41) is 4.23. The highest BCUT2D eigenvalue weighted by molar-refractivity contribution is 5.84. The van der Waals surface area contributed by atoms with E-state index in [4.69, 9.17) is 0 Å². The number of carbonyl (C=O) groups excluding carboxylic acids is 2. The Morgan fingerprint density at radius 3 is 2.50 bits per heavy atom. The van der Waals surface area contributed by atoms with Gasteiger partial charge in [0.2, 0.25) is 11.8 Å². The molecule has 0 radical (unpaired) electrons. The number of piperidine rings is 1. The summed E-state index contributed by atoms with van der Waals surface area (Å²) in [6, 6.07) is 16.1. The Hall–Kier alpha value is -3.08. The van der Waals surface area contributed by atoms with Crippen molar-refractivity contribution in [3.63, 3.8) is 0 Å². The van der Waals surface area contributed by atoms with E-state index in [9.17, 15) is 9.59 Å². The number of nitrogens with zero attached hydrogens (tertiary/aromatic N) is 1. The highest BCUT2D eigenvalue weighted by Crippen LogP contribution is 2.33. The average molecular weight is 404 g/mol. The summed E-state index contributed by atoms with van der Waals surface area (Å²) >= 11 is 0. The third kappa shape index (κ3) is 4.40. The van der Waals surface area contributed by atoms with E-state index in [0.717, 1.165) is 37.1 Å². The second-order valence-corrected chi connectivity index (χ2v) is 8.31. The zero-order valence-corrected chi connectivity index (χ0v) is 17.7. The van der Waals surface area contributed by atoms with Gasteiger partial charge < -0.3 is 15.2 Å². The monoisotopic (exact) mass is 403 g/mol. The number of H-pyrrole nitrogens is 1. The maximum absolute atomic E-state index is 13.0. The van der Waals surface area contributed by atoms with Gasteiger partial charge in [0.05, 0.1) is 12.5 Å². The topological polar surface area (TPSA) is 65.2 Å². The lowest BCUT2D eigenvalue weighted by atomic mass is 9.89. The minimum absolute atomic E-state index is 0.103. The van der Waals surface area contributed by atoms with Crippen LogP contribution in [0.4, 0.5) is 0 Å². The lowest BCUT2D eigenvalue weighted by Crippen LogP contribution is -2.40. The SMILES string of the molecule is CC(=O)NC(CC(=O)N1CCC(c2c[nH]c3ccccc23)CC1)c1ccc(C)cc1. The van der Waals surface area contributed by atoms with E-state index in [1.807, 2.05) is 42.2 Å². The molecule has 2 aromatic carbocycles. The van der Waals surface area contributed by atoms with E-state index < -0.39 is 0 Å². The Balaban J connectivity index is 1.40. The smallest absolute Gasteiger partial charge is 0.224 e. The normalized spacial score (nSPS) is 15.9. The highest BCUT2D eigenvalue weighted by Gasteiger charge is 2.27. The number of benzene rings is 2. The Morgan fingerprint density at radius 1 is 1.10 bits per heavy atom. The van der Waals surface area contributed by atoms with Gasteiger partial charge in [-0.3, -0.25) is 9.59 Å². The number of hydrogen-bond acceptors (Lipinski definition) is 2. The molecule has 1 aromatic heterocycles. The molecule has 0 spiro atoms. The third-order valence-electron chi connectivity index (χ3n) is 6.14. The number of likely N-dealkylation sites (tertiary alicyclic amines) is 1. The lowest BCUT2D eigenvalue weighted by Gasteiger charge is -2.33. The zero-order chi connectivity index (χ0) is 21.1. The molecule has 0 bridgehead atoms. The Bertz CT molecular complexity index is 1030. The number of aryl methyl sites for hydroxylation is 1.